The van der Waals surface area contributed by atoms with E-state index in [-0.39, 0.29) is 17.4 Å². The largest absolute Gasteiger partial charge is 0.452 e. The van der Waals surface area contributed by atoms with Gasteiger partial charge in [0.15, 0.2) is 5.60 Å². The van der Waals surface area contributed by atoms with Crippen LogP contribution >= 0.6 is 0 Å². The van der Waals surface area contributed by atoms with Gasteiger partial charge in [-0.05, 0) is 37.3 Å². The van der Waals surface area contributed by atoms with Gasteiger partial charge in [-0.15, -0.1) is 0 Å². The zero-order valence-electron chi connectivity index (χ0n) is 15.4. The van der Waals surface area contributed by atoms with Crippen molar-refractivity contribution in [2.24, 2.45) is 11.3 Å². The van der Waals surface area contributed by atoms with E-state index in [1.165, 1.54) is 0 Å². The highest BCUT2D eigenvalue weighted by Gasteiger charge is 2.50. The van der Waals surface area contributed by atoms with E-state index < -0.39 is 5.60 Å². The number of carbonyl (C=O) groups is 1. The second kappa shape index (κ2) is 6.64. The van der Waals surface area contributed by atoms with Crippen LogP contribution in [0, 0.1) is 11.3 Å². The molecule has 3 nitrogen and oxygen atoms in total. The van der Waals surface area contributed by atoms with Crippen molar-refractivity contribution in [3.8, 4) is 0 Å². The summed E-state index contributed by atoms with van der Waals surface area (Å²) in [7, 11) is 2.14. The first-order chi connectivity index (χ1) is 10.7. The molecule has 128 valence electrons. The van der Waals surface area contributed by atoms with E-state index in [0.717, 1.165) is 18.5 Å². The predicted molar refractivity (Wildman–Crippen MR) is 94.2 cm³/mol. The molecule has 1 saturated heterocycles. The summed E-state index contributed by atoms with van der Waals surface area (Å²) < 4.78 is 6.14. The van der Waals surface area contributed by atoms with Gasteiger partial charge < -0.3 is 4.74 Å². The topological polar surface area (TPSA) is 29.5 Å². The van der Waals surface area contributed by atoms with Crippen molar-refractivity contribution >= 4 is 5.97 Å². The predicted octanol–water partition coefficient (Wildman–Crippen LogP) is 4.22. The first-order valence-corrected chi connectivity index (χ1v) is 8.68. The Hall–Kier alpha value is -1.35. The highest BCUT2D eigenvalue weighted by Crippen LogP contribution is 2.47. The van der Waals surface area contributed by atoms with Crippen LogP contribution in [0.5, 0.6) is 0 Å². The Morgan fingerprint density at radius 2 is 1.91 bits per heavy atom. The van der Waals surface area contributed by atoms with E-state index in [2.05, 4.69) is 51.8 Å². The van der Waals surface area contributed by atoms with Crippen LogP contribution in [-0.2, 0) is 15.1 Å². The van der Waals surface area contributed by atoms with Crippen molar-refractivity contribution in [2.75, 3.05) is 13.6 Å². The molecule has 1 aromatic carbocycles. The molecule has 1 aliphatic rings. The number of likely N-dealkylation sites (tertiary alicyclic amines) is 1. The van der Waals surface area contributed by atoms with Crippen LogP contribution in [0.2, 0.25) is 0 Å². The van der Waals surface area contributed by atoms with Gasteiger partial charge in [0.2, 0.25) is 0 Å². The highest BCUT2D eigenvalue weighted by atomic mass is 16.6. The number of benzene rings is 1. The van der Waals surface area contributed by atoms with E-state index in [1.807, 2.05) is 25.1 Å². The monoisotopic (exact) mass is 317 g/mol. The highest BCUT2D eigenvalue weighted by molar-refractivity contribution is 5.70. The lowest BCUT2D eigenvalue weighted by molar-refractivity contribution is -0.182. The van der Waals surface area contributed by atoms with Gasteiger partial charge in [-0.3, -0.25) is 9.69 Å². The van der Waals surface area contributed by atoms with E-state index in [1.54, 1.807) is 0 Å². The van der Waals surface area contributed by atoms with Crippen LogP contribution in [0.15, 0.2) is 30.3 Å². The number of ether oxygens (including phenoxy) is 1. The number of likely N-dealkylation sites (N-methyl/N-ethyl adjacent to an activating group) is 1. The van der Waals surface area contributed by atoms with Crippen LogP contribution in [0.1, 0.15) is 53.0 Å². The maximum Gasteiger partial charge on any atom is 0.306 e. The molecule has 3 unspecified atom stereocenters. The summed E-state index contributed by atoms with van der Waals surface area (Å²) in [5, 5.41) is 0. The van der Waals surface area contributed by atoms with Gasteiger partial charge in [-0.25, -0.2) is 0 Å². The number of hydrogen-bond donors (Lipinski definition) is 0. The summed E-state index contributed by atoms with van der Waals surface area (Å²) in [6.45, 7) is 11.9. The van der Waals surface area contributed by atoms with Gasteiger partial charge in [0.05, 0.1) is 6.04 Å². The van der Waals surface area contributed by atoms with E-state index in [0.29, 0.717) is 12.3 Å². The maximum absolute atomic E-state index is 12.2. The second-order valence-corrected chi connectivity index (χ2v) is 7.97. The van der Waals surface area contributed by atoms with Crippen molar-refractivity contribution in [2.45, 2.75) is 59.1 Å². The lowest BCUT2D eigenvalue weighted by atomic mass is 9.67. The molecule has 23 heavy (non-hydrogen) atoms. The molecule has 0 N–H and O–H groups in total. The number of rotatable bonds is 3. The van der Waals surface area contributed by atoms with Crippen LogP contribution in [-0.4, -0.2) is 30.5 Å². The second-order valence-electron chi connectivity index (χ2n) is 7.97. The molecule has 0 amide bonds. The molecular weight excluding hydrogens is 286 g/mol. The van der Waals surface area contributed by atoms with Crippen LogP contribution in [0.4, 0.5) is 0 Å². The van der Waals surface area contributed by atoms with Crippen molar-refractivity contribution < 1.29 is 9.53 Å². The minimum absolute atomic E-state index is 0.122. The number of nitrogens with zero attached hydrogens (tertiary/aromatic N) is 1. The van der Waals surface area contributed by atoms with Gasteiger partial charge in [0.1, 0.15) is 0 Å². The van der Waals surface area contributed by atoms with Gasteiger partial charge in [0.25, 0.3) is 0 Å². The Morgan fingerprint density at radius 3 is 2.43 bits per heavy atom. The number of hydrogen-bond acceptors (Lipinski definition) is 3. The Kier molecular flexibility index (Phi) is 5.20. The summed E-state index contributed by atoms with van der Waals surface area (Å²) in [6.07, 6.45) is 1.28. The van der Waals surface area contributed by atoms with Gasteiger partial charge in [-0.2, -0.15) is 0 Å². The molecule has 0 radical (unpaired) electrons. The summed E-state index contributed by atoms with van der Waals surface area (Å²) >= 11 is 0. The first kappa shape index (κ1) is 18.0. The average molecular weight is 317 g/mol. The van der Waals surface area contributed by atoms with Gasteiger partial charge >= 0.3 is 5.97 Å². The molecular formula is C20H31NO2. The number of esters is 1. The first-order valence-electron chi connectivity index (χ1n) is 8.68. The standard InChI is InChI=1S/C20H31NO2/c1-7-18(22)23-20(16-11-9-8-10-12-16)13-17(19(3,4)5)14-21(6)15(20)2/h8-12,15,17H,7,13-14H2,1-6H3. The molecule has 0 bridgehead atoms. The molecule has 0 aliphatic carbocycles. The minimum Gasteiger partial charge on any atom is -0.452 e. The van der Waals surface area contributed by atoms with Gasteiger partial charge in [0, 0.05) is 13.0 Å². The molecule has 0 aromatic heterocycles. The quantitative estimate of drug-likeness (QED) is 0.782. The van der Waals surface area contributed by atoms with Crippen molar-refractivity contribution in [1.82, 2.24) is 4.90 Å². The average Bonchev–Trinajstić information content (AvgIpc) is 2.51. The SMILES string of the molecule is CCC(=O)OC1(c2ccccc2)CC(C(C)(C)C)CN(C)C1C. The third-order valence-electron chi connectivity index (χ3n) is 5.47. The van der Waals surface area contributed by atoms with Crippen LogP contribution in [0.25, 0.3) is 0 Å². The van der Waals surface area contributed by atoms with Gasteiger partial charge in [-0.1, -0.05) is 58.0 Å². The van der Waals surface area contributed by atoms with Crippen molar-refractivity contribution in [3.05, 3.63) is 35.9 Å². The molecule has 0 saturated carbocycles. The smallest absolute Gasteiger partial charge is 0.306 e. The van der Waals surface area contributed by atoms with E-state index >= 15 is 0 Å². The zero-order valence-corrected chi connectivity index (χ0v) is 15.4. The molecule has 3 atom stereocenters. The Bertz CT molecular complexity index is 534. The normalized spacial score (nSPS) is 29.3. The molecule has 2 rings (SSSR count). The van der Waals surface area contributed by atoms with E-state index in [4.69, 9.17) is 4.74 Å². The molecule has 1 heterocycles. The Morgan fingerprint density at radius 1 is 1.30 bits per heavy atom. The number of carbonyl (C=O) groups excluding carboxylic acids is 1. The molecule has 1 aliphatic heterocycles. The fourth-order valence-corrected chi connectivity index (χ4v) is 3.58. The Labute approximate surface area is 141 Å². The summed E-state index contributed by atoms with van der Waals surface area (Å²) in [6, 6.07) is 10.4. The fraction of sp³-hybridized carbons (Fsp3) is 0.650. The lowest BCUT2D eigenvalue weighted by Gasteiger charge is -2.52. The van der Waals surface area contributed by atoms with Crippen molar-refractivity contribution in [3.63, 3.8) is 0 Å². The van der Waals surface area contributed by atoms with Crippen LogP contribution in [0.3, 0.4) is 0 Å². The van der Waals surface area contributed by atoms with Crippen molar-refractivity contribution in [1.29, 1.82) is 0 Å². The summed E-state index contributed by atoms with van der Waals surface area (Å²) in [4.78, 5) is 14.6. The minimum atomic E-state index is -0.570. The number of piperidine rings is 1. The summed E-state index contributed by atoms with van der Waals surface area (Å²) in [5.74, 6) is 0.345. The summed E-state index contributed by atoms with van der Waals surface area (Å²) in [5.41, 5.74) is 0.710. The third-order valence-corrected chi connectivity index (χ3v) is 5.47. The molecule has 3 heteroatoms. The van der Waals surface area contributed by atoms with E-state index in [9.17, 15) is 4.79 Å². The lowest BCUT2D eigenvalue weighted by Crippen LogP contribution is -2.58. The third kappa shape index (κ3) is 3.60. The fourth-order valence-electron chi connectivity index (χ4n) is 3.58. The zero-order chi connectivity index (χ0) is 17.3. The van der Waals surface area contributed by atoms with Crippen LogP contribution < -0.4 is 0 Å². The Balaban J connectivity index is 2.51. The molecule has 1 fully saturated rings. The molecule has 0 spiro atoms. The molecule has 1 aromatic rings. The maximum atomic E-state index is 12.2.